The van der Waals surface area contributed by atoms with E-state index in [2.05, 4.69) is 15.3 Å². The molecule has 0 saturated carbocycles. The molecule has 0 radical (unpaired) electrons. The molecule has 3 heterocycles. The van der Waals surface area contributed by atoms with Crippen molar-refractivity contribution in [1.29, 1.82) is 0 Å². The van der Waals surface area contributed by atoms with E-state index >= 15 is 0 Å². The van der Waals surface area contributed by atoms with Crippen molar-refractivity contribution in [3.8, 4) is 22.0 Å². The fourth-order valence-corrected chi connectivity index (χ4v) is 4.18. The van der Waals surface area contributed by atoms with Crippen LogP contribution in [-0.2, 0) is 14.3 Å². The highest BCUT2D eigenvalue weighted by atomic mass is 32.1. The van der Waals surface area contributed by atoms with E-state index in [-0.39, 0.29) is 24.2 Å². The normalized spacial score (nSPS) is 16.1. The molecule has 7 nitrogen and oxygen atoms in total. The van der Waals surface area contributed by atoms with Crippen LogP contribution in [0.5, 0.6) is 0 Å². The van der Waals surface area contributed by atoms with Crippen molar-refractivity contribution in [2.45, 2.75) is 6.42 Å². The van der Waals surface area contributed by atoms with E-state index in [0.717, 1.165) is 22.0 Å². The third kappa shape index (κ3) is 4.55. The maximum absolute atomic E-state index is 12.7. The third-order valence-electron chi connectivity index (χ3n) is 4.96. The first-order chi connectivity index (χ1) is 14.6. The summed E-state index contributed by atoms with van der Waals surface area (Å²) in [6.07, 6.45) is 1.98. The lowest BCUT2D eigenvalue weighted by Crippen LogP contribution is -2.30. The van der Waals surface area contributed by atoms with Gasteiger partial charge in [-0.15, -0.1) is 11.3 Å². The number of methoxy groups -OCH3 is 1. The van der Waals surface area contributed by atoms with Gasteiger partial charge in [-0.1, -0.05) is 18.2 Å². The number of hydrogen-bond acceptors (Lipinski definition) is 6. The highest BCUT2D eigenvalue weighted by Crippen LogP contribution is 2.29. The van der Waals surface area contributed by atoms with Gasteiger partial charge in [0.05, 0.1) is 23.9 Å². The topological polar surface area (TPSA) is 84.4 Å². The van der Waals surface area contributed by atoms with E-state index in [0.29, 0.717) is 25.4 Å². The molecular formula is C22H22N4O3S. The van der Waals surface area contributed by atoms with Gasteiger partial charge < -0.3 is 15.0 Å². The maximum atomic E-state index is 12.7. The summed E-state index contributed by atoms with van der Waals surface area (Å²) in [4.78, 5) is 35.5. The zero-order chi connectivity index (χ0) is 20.9. The van der Waals surface area contributed by atoms with Crippen LogP contribution in [0.4, 0.5) is 5.69 Å². The van der Waals surface area contributed by atoms with E-state index in [1.54, 1.807) is 18.2 Å². The molecule has 1 atom stereocenters. The monoisotopic (exact) mass is 422 g/mol. The van der Waals surface area contributed by atoms with E-state index < -0.39 is 0 Å². The van der Waals surface area contributed by atoms with Crippen molar-refractivity contribution in [3.63, 3.8) is 0 Å². The predicted molar refractivity (Wildman–Crippen MR) is 116 cm³/mol. The molecule has 1 N–H and O–H groups in total. The minimum atomic E-state index is -0.354. The SMILES string of the molecule is COCCN1CC(C(=O)Nc2cccc(-c3csc(-c4ccccn4)n3)c2)CC1=O. The van der Waals surface area contributed by atoms with Crippen LogP contribution in [0.25, 0.3) is 22.0 Å². The summed E-state index contributed by atoms with van der Waals surface area (Å²) in [7, 11) is 1.60. The molecule has 1 fully saturated rings. The molecule has 1 saturated heterocycles. The number of carbonyl (C=O) groups is 2. The van der Waals surface area contributed by atoms with Crippen LogP contribution in [0.1, 0.15) is 6.42 Å². The highest BCUT2D eigenvalue weighted by molar-refractivity contribution is 7.13. The van der Waals surface area contributed by atoms with Gasteiger partial charge in [-0.2, -0.15) is 0 Å². The number of carbonyl (C=O) groups excluding carboxylic acids is 2. The van der Waals surface area contributed by atoms with Crippen molar-refractivity contribution < 1.29 is 14.3 Å². The fourth-order valence-electron chi connectivity index (χ4n) is 3.38. The van der Waals surface area contributed by atoms with Crippen LogP contribution in [-0.4, -0.2) is 53.5 Å². The molecular weight excluding hydrogens is 400 g/mol. The lowest BCUT2D eigenvalue weighted by Gasteiger charge is -2.16. The summed E-state index contributed by atoms with van der Waals surface area (Å²) in [5.74, 6) is -0.508. The Morgan fingerprint density at radius 3 is 2.97 bits per heavy atom. The van der Waals surface area contributed by atoms with Gasteiger partial charge in [-0.05, 0) is 24.3 Å². The number of nitrogens with zero attached hydrogens (tertiary/aromatic N) is 3. The zero-order valence-corrected chi connectivity index (χ0v) is 17.4. The summed E-state index contributed by atoms with van der Waals surface area (Å²) in [6.45, 7) is 1.40. The average Bonchev–Trinajstić information content (AvgIpc) is 3.40. The summed E-state index contributed by atoms with van der Waals surface area (Å²) < 4.78 is 5.03. The number of hydrogen-bond donors (Lipinski definition) is 1. The quantitative estimate of drug-likeness (QED) is 0.632. The van der Waals surface area contributed by atoms with Crippen molar-refractivity contribution in [3.05, 3.63) is 54.0 Å². The number of likely N-dealkylation sites (tertiary alicyclic amines) is 1. The minimum Gasteiger partial charge on any atom is -0.383 e. The molecule has 3 aromatic rings. The molecule has 1 aliphatic rings. The van der Waals surface area contributed by atoms with E-state index in [1.807, 2.05) is 47.8 Å². The van der Waals surface area contributed by atoms with Gasteiger partial charge in [0.1, 0.15) is 5.01 Å². The second kappa shape index (κ2) is 9.15. The van der Waals surface area contributed by atoms with Crippen LogP contribution in [0.3, 0.4) is 0 Å². The summed E-state index contributed by atoms with van der Waals surface area (Å²) in [6, 6.07) is 13.3. The number of ether oxygens (including phenoxy) is 1. The smallest absolute Gasteiger partial charge is 0.229 e. The first kappa shape index (κ1) is 20.2. The largest absolute Gasteiger partial charge is 0.383 e. The van der Waals surface area contributed by atoms with Crippen molar-refractivity contribution in [1.82, 2.24) is 14.9 Å². The molecule has 1 aliphatic heterocycles. The lowest BCUT2D eigenvalue weighted by atomic mass is 10.1. The third-order valence-corrected chi connectivity index (χ3v) is 5.83. The number of nitrogens with one attached hydrogen (secondary N) is 1. The molecule has 154 valence electrons. The maximum Gasteiger partial charge on any atom is 0.229 e. The van der Waals surface area contributed by atoms with Gasteiger partial charge in [0, 0.05) is 49.4 Å². The second-order valence-electron chi connectivity index (χ2n) is 7.06. The molecule has 30 heavy (non-hydrogen) atoms. The Hall–Kier alpha value is -3.10. The van der Waals surface area contributed by atoms with Gasteiger partial charge in [-0.25, -0.2) is 4.98 Å². The summed E-state index contributed by atoms with van der Waals surface area (Å²) in [5.41, 5.74) is 3.27. The number of pyridine rings is 1. The first-order valence-corrected chi connectivity index (χ1v) is 10.6. The van der Waals surface area contributed by atoms with E-state index in [9.17, 15) is 9.59 Å². The Morgan fingerprint density at radius 1 is 1.27 bits per heavy atom. The molecule has 0 bridgehead atoms. The lowest BCUT2D eigenvalue weighted by molar-refractivity contribution is -0.128. The molecule has 1 aromatic carbocycles. The zero-order valence-electron chi connectivity index (χ0n) is 16.6. The standard InChI is InChI=1S/C22H22N4O3S/c1-29-10-9-26-13-16(12-20(26)27)21(28)24-17-6-4-5-15(11-17)19-14-30-22(25-19)18-7-2-3-8-23-18/h2-8,11,14,16H,9-10,12-13H2,1H3,(H,24,28). The van der Waals surface area contributed by atoms with Gasteiger partial charge in [0.15, 0.2) is 0 Å². The Morgan fingerprint density at radius 2 is 2.17 bits per heavy atom. The average molecular weight is 423 g/mol. The molecule has 2 amide bonds. The van der Waals surface area contributed by atoms with Crippen LogP contribution in [0, 0.1) is 5.92 Å². The van der Waals surface area contributed by atoms with Gasteiger partial charge in [-0.3, -0.25) is 14.6 Å². The van der Waals surface area contributed by atoms with Crippen molar-refractivity contribution >= 4 is 28.8 Å². The van der Waals surface area contributed by atoms with E-state index in [4.69, 9.17) is 4.74 Å². The number of thiazole rings is 1. The van der Waals surface area contributed by atoms with Crippen molar-refractivity contribution in [2.75, 3.05) is 32.1 Å². The summed E-state index contributed by atoms with van der Waals surface area (Å²) >= 11 is 1.53. The van der Waals surface area contributed by atoms with Gasteiger partial charge >= 0.3 is 0 Å². The molecule has 0 spiro atoms. The number of benzene rings is 1. The van der Waals surface area contributed by atoms with Crippen LogP contribution in [0.15, 0.2) is 54.0 Å². The fraction of sp³-hybridized carbons (Fsp3) is 0.273. The molecule has 4 rings (SSSR count). The molecule has 2 aromatic heterocycles. The summed E-state index contributed by atoms with van der Waals surface area (Å²) in [5, 5.41) is 5.77. The van der Waals surface area contributed by atoms with Gasteiger partial charge in [0.25, 0.3) is 0 Å². The predicted octanol–water partition coefficient (Wildman–Crippen LogP) is 3.31. The van der Waals surface area contributed by atoms with Crippen LogP contribution < -0.4 is 5.32 Å². The highest BCUT2D eigenvalue weighted by Gasteiger charge is 2.34. The number of anilines is 1. The van der Waals surface area contributed by atoms with Gasteiger partial charge in [0.2, 0.25) is 11.8 Å². The van der Waals surface area contributed by atoms with Crippen molar-refractivity contribution in [2.24, 2.45) is 5.92 Å². The number of aromatic nitrogens is 2. The molecule has 0 aliphatic carbocycles. The second-order valence-corrected chi connectivity index (χ2v) is 7.91. The Balaban J connectivity index is 1.44. The van der Waals surface area contributed by atoms with Crippen LogP contribution >= 0.6 is 11.3 Å². The molecule has 1 unspecified atom stereocenters. The Kier molecular flexibility index (Phi) is 6.15. The minimum absolute atomic E-state index is 0.00882. The number of rotatable bonds is 7. The first-order valence-electron chi connectivity index (χ1n) is 9.69. The van der Waals surface area contributed by atoms with E-state index in [1.165, 1.54) is 11.3 Å². The Bertz CT molecular complexity index is 1040. The Labute approximate surface area is 178 Å². The van der Waals surface area contributed by atoms with Crippen LogP contribution in [0.2, 0.25) is 0 Å². The molecule has 8 heteroatoms. The number of amides is 2.